The lowest BCUT2D eigenvalue weighted by atomic mass is 9.97. The number of nitrogens with zero attached hydrogens (tertiary/aromatic N) is 2. The molecule has 0 spiro atoms. The minimum absolute atomic E-state index is 0.222. The summed E-state index contributed by atoms with van der Waals surface area (Å²) in [7, 11) is 0.555. The van der Waals surface area contributed by atoms with E-state index >= 15 is 0 Å². The fourth-order valence-electron chi connectivity index (χ4n) is 2.49. The van der Waals surface area contributed by atoms with E-state index in [0.29, 0.717) is 14.0 Å². The first-order chi connectivity index (χ1) is 10.7. The highest BCUT2D eigenvalue weighted by atomic mass is 19.4. The number of amides is 2. The second kappa shape index (κ2) is 6.06. The molecule has 0 bridgehead atoms. The molecular formula is C12H16F6N2O4. The Morgan fingerprint density at radius 2 is 1.58 bits per heavy atom. The molecule has 1 fully saturated rings. The van der Waals surface area contributed by atoms with Gasteiger partial charge in [-0.05, 0) is 0 Å². The number of aliphatic hydroxyl groups is 1. The monoisotopic (exact) mass is 366 g/mol. The number of hydrogen-bond acceptors (Lipinski definition) is 4. The van der Waals surface area contributed by atoms with Gasteiger partial charge in [0.05, 0.1) is 13.1 Å². The zero-order valence-corrected chi connectivity index (χ0v) is 13.0. The van der Waals surface area contributed by atoms with Crippen LogP contribution in [0.15, 0.2) is 0 Å². The Bertz CT molecular complexity index is 523. The van der Waals surface area contributed by atoms with Gasteiger partial charge in [0.15, 0.2) is 0 Å². The van der Waals surface area contributed by atoms with Crippen molar-refractivity contribution in [2.24, 2.45) is 0 Å². The summed E-state index contributed by atoms with van der Waals surface area (Å²) < 4.78 is 84.6. The lowest BCUT2D eigenvalue weighted by molar-refractivity contribution is -0.387. The molecule has 0 aliphatic carbocycles. The second-order valence-electron chi connectivity index (χ2n) is 5.24. The zero-order chi connectivity index (χ0) is 19.1. The molecule has 1 aliphatic rings. The zero-order valence-electron chi connectivity index (χ0n) is 13.0. The van der Waals surface area contributed by atoms with Crippen molar-refractivity contribution < 1.29 is 45.8 Å². The fraction of sp³-hybridized carbons (Fsp3) is 0.833. The van der Waals surface area contributed by atoms with E-state index in [-0.39, 0.29) is 9.80 Å². The minimum atomic E-state index is -5.49. The fourth-order valence-corrected chi connectivity index (χ4v) is 2.49. The third-order valence-electron chi connectivity index (χ3n) is 3.85. The van der Waals surface area contributed by atoms with Gasteiger partial charge >= 0.3 is 12.4 Å². The lowest BCUT2D eigenvalue weighted by Crippen LogP contribution is -2.80. The van der Waals surface area contributed by atoms with E-state index < -0.39 is 55.1 Å². The van der Waals surface area contributed by atoms with Gasteiger partial charge in [0.25, 0.3) is 11.4 Å². The number of β-amino-alcohol motifs (C(OH)–C–C–N with tert-alkyl or cyclic N) is 1. The van der Waals surface area contributed by atoms with Gasteiger partial charge in [0, 0.05) is 20.5 Å². The maximum atomic E-state index is 13.5. The molecule has 2 atom stereocenters. The molecule has 12 heteroatoms. The van der Waals surface area contributed by atoms with Crippen LogP contribution in [0.25, 0.3) is 0 Å². The van der Waals surface area contributed by atoms with Crippen LogP contribution in [0.1, 0.15) is 20.3 Å². The Kier molecular flexibility index (Phi) is 5.17. The number of carbonyl (C=O) groups excluding carboxylic acids is 2. The van der Waals surface area contributed by atoms with Crippen molar-refractivity contribution in [3.63, 3.8) is 0 Å². The van der Waals surface area contributed by atoms with Gasteiger partial charge in [-0.1, -0.05) is 6.92 Å². The van der Waals surface area contributed by atoms with Crippen molar-refractivity contribution in [3.8, 4) is 0 Å². The molecule has 24 heavy (non-hydrogen) atoms. The Labute approximate surface area is 132 Å². The average Bonchev–Trinajstić information content (AvgIpc) is 2.43. The van der Waals surface area contributed by atoms with Crippen molar-refractivity contribution in [2.45, 2.75) is 44.1 Å². The van der Waals surface area contributed by atoms with E-state index in [2.05, 4.69) is 4.74 Å². The van der Waals surface area contributed by atoms with Crippen LogP contribution >= 0.6 is 0 Å². The summed E-state index contributed by atoms with van der Waals surface area (Å²) in [4.78, 5) is 22.7. The predicted octanol–water partition coefficient (Wildman–Crippen LogP) is 1.24. The van der Waals surface area contributed by atoms with Crippen molar-refractivity contribution in [1.29, 1.82) is 0 Å². The highest BCUT2D eigenvalue weighted by Crippen LogP contribution is 2.46. The lowest BCUT2D eigenvalue weighted by Gasteiger charge is -2.55. The summed E-state index contributed by atoms with van der Waals surface area (Å²) in [5.74, 6) is -2.77. The average molecular weight is 366 g/mol. The Balaban J connectivity index is 3.61. The summed E-state index contributed by atoms with van der Waals surface area (Å²) >= 11 is 0. The Hall–Kier alpha value is -1.56. The second-order valence-corrected chi connectivity index (χ2v) is 5.24. The predicted molar refractivity (Wildman–Crippen MR) is 66.2 cm³/mol. The Morgan fingerprint density at radius 3 is 1.88 bits per heavy atom. The van der Waals surface area contributed by atoms with Crippen LogP contribution in [0.5, 0.6) is 0 Å². The third-order valence-corrected chi connectivity index (χ3v) is 3.85. The van der Waals surface area contributed by atoms with Crippen LogP contribution in [0.3, 0.4) is 0 Å². The smallest absolute Gasteiger partial charge is 0.362 e. The van der Waals surface area contributed by atoms with Gasteiger partial charge in [0.1, 0.15) is 0 Å². The molecule has 0 aromatic rings. The van der Waals surface area contributed by atoms with Crippen molar-refractivity contribution >= 4 is 11.8 Å². The number of ether oxygens (including phenoxy) is 1. The molecule has 6 nitrogen and oxygen atoms in total. The molecule has 2 unspecified atom stereocenters. The van der Waals surface area contributed by atoms with E-state index in [1.807, 2.05) is 0 Å². The van der Waals surface area contributed by atoms with E-state index in [1.54, 1.807) is 0 Å². The van der Waals surface area contributed by atoms with Crippen molar-refractivity contribution in [3.05, 3.63) is 0 Å². The van der Waals surface area contributed by atoms with Crippen LogP contribution in [0.2, 0.25) is 0 Å². The summed E-state index contributed by atoms with van der Waals surface area (Å²) in [5.41, 5.74) is -7.46. The number of piperazine rings is 1. The van der Waals surface area contributed by atoms with E-state index in [4.69, 9.17) is 0 Å². The van der Waals surface area contributed by atoms with Crippen LogP contribution in [-0.4, -0.2) is 70.7 Å². The molecule has 140 valence electrons. The minimum Gasteiger partial charge on any atom is -0.362 e. The molecule has 0 saturated carbocycles. The molecule has 1 heterocycles. The molecule has 0 aromatic heterocycles. The summed E-state index contributed by atoms with van der Waals surface area (Å²) in [6.07, 6.45) is -11.4. The molecule has 0 aromatic carbocycles. The van der Waals surface area contributed by atoms with Crippen LogP contribution in [0.4, 0.5) is 26.3 Å². The van der Waals surface area contributed by atoms with Crippen LogP contribution < -0.4 is 0 Å². The topological polar surface area (TPSA) is 70.1 Å². The first-order valence-electron chi connectivity index (χ1n) is 6.67. The third kappa shape index (κ3) is 2.92. The first-order valence-corrected chi connectivity index (χ1v) is 6.67. The number of carbonyl (C=O) groups is 2. The maximum absolute atomic E-state index is 13.5. The van der Waals surface area contributed by atoms with E-state index in [1.165, 1.54) is 0 Å². The molecule has 1 saturated heterocycles. The van der Waals surface area contributed by atoms with Gasteiger partial charge in [-0.2, -0.15) is 26.3 Å². The number of hydrogen-bond donors (Lipinski definition) is 1. The van der Waals surface area contributed by atoms with Crippen LogP contribution in [0, 0.1) is 0 Å². The molecule has 1 aliphatic heterocycles. The van der Waals surface area contributed by atoms with Gasteiger partial charge in [-0.15, -0.1) is 0 Å². The van der Waals surface area contributed by atoms with Gasteiger partial charge in [-0.3, -0.25) is 14.5 Å². The van der Waals surface area contributed by atoms with E-state index in [9.17, 15) is 41.0 Å². The number of halogens is 6. The standard InChI is InChI=1S/C12H16F6N2O4/c1-4-8(22)20-5-9(23,11(13,14)15)19(7(2)21)6-10(20,24-3)12(16,17)18/h23H,4-6H2,1-3H3. The first kappa shape index (κ1) is 20.5. The number of rotatable bonds is 2. The maximum Gasteiger partial charge on any atom is 0.438 e. The molecule has 1 rings (SSSR count). The highest BCUT2D eigenvalue weighted by molar-refractivity contribution is 5.79. The highest BCUT2D eigenvalue weighted by Gasteiger charge is 2.72. The van der Waals surface area contributed by atoms with Crippen molar-refractivity contribution in [1.82, 2.24) is 9.80 Å². The number of methoxy groups -OCH3 is 1. The van der Waals surface area contributed by atoms with Gasteiger partial charge < -0.3 is 14.7 Å². The van der Waals surface area contributed by atoms with E-state index in [0.717, 1.165) is 6.92 Å². The summed E-state index contributed by atoms with van der Waals surface area (Å²) in [5, 5.41) is 9.91. The summed E-state index contributed by atoms with van der Waals surface area (Å²) in [6, 6.07) is 0. The quantitative estimate of drug-likeness (QED) is 0.747. The summed E-state index contributed by atoms with van der Waals surface area (Å²) in [6.45, 7) is -1.83. The molecule has 0 radical (unpaired) electrons. The molecule has 1 N–H and O–H groups in total. The van der Waals surface area contributed by atoms with Crippen molar-refractivity contribution in [2.75, 3.05) is 20.2 Å². The molecular weight excluding hydrogens is 350 g/mol. The Morgan fingerprint density at radius 1 is 1.08 bits per heavy atom. The largest absolute Gasteiger partial charge is 0.438 e. The van der Waals surface area contributed by atoms with Crippen LogP contribution in [-0.2, 0) is 14.3 Å². The van der Waals surface area contributed by atoms with Gasteiger partial charge in [-0.25, -0.2) is 0 Å². The SMILES string of the molecule is CCC(=O)N1CC(O)(C(F)(F)F)N(C(C)=O)CC1(OC)C(F)(F)F. The molecule has 2 amide bonds. The number of alkyl halides is 6. The normalized spacial score (nSPS) is 28.9. The van der Waals surface area contributed by atoms with Gasteiger partial charge in [0.2, 0.25) is 11.8 Å².